The topological polar surface area (TPSA) is 71.9 Å². The van der Waals surface area contributed by atoms with Gasteiger partial charge in [0.25, 0.3) is 0 Å². The van der Waals surface area contributed by atoms with Crippen molar-refractivity contribution in [2.45, 2.75) is 25.9 Å². The molecule has 4 rings (SSSR count). The number of piperazine rings is 1. The Morgan fingerprint density at radius 3 is 2.70 bits per heavy atom. The highest BCUT2D eigenvalue weighted by Crippen LogP contribution is 2.21. The number of aliphatic imine (C=N–C) groups is 1. The molecule has 0 aromatic carbocycles. The molecule has 2 aromatic rings. The lowest BCUT2D eigenvalue weighted by Gasteiger charge is -2.33. The van der Waals surface area contributed by atoms with Crippen LogP contribution in [0.2, 0.25) is 0 Å². The smallest absolute Gasteiger partial charge is 0.191 e. The molecule has 2 aliphatic heterocycles. The van der Waals surface area contributed by atoms with E-state index in [1.54, 1.807) is 12.3 Å². The van der Waals surface area contributed by atoms with E-state index >= 15 is 0 Å². The normalized spacial score (nSPS) is 19.4. The van der Waals surface area contributed by atoms with Crippen LogP contribution in [0.15, 0.2) is 41.7 Å². The van der Waals surface area contributed by atoms with Gasteiger partial charge >= 0.3 is 0 Å². The molecular formula is C23H34FIN8. The zero-order valence-corrected chi connectivity index (χ0v) is 21.7. The van der Waals surface area contributed by atoms with Crippen LogP contribution >= 0.6 is 24.0 Å². The Morgan fingerprint density at radius 2 is 1.94 bits per heavy atom. The third-order valence-corrected chi connectivity index (χ3v) is 5.97. The first kappa shape index (κ1) is 25.4. The fourth-order valence-electron chi connectivity index (χ4n) is 4.13. The summed E-state index contributed by atoms with van der Waals surface area (Å²) in [5, 5.41) is 6.83. The Morgan fingerprint density at radius 1 is 1.12 bits per heavy atom. The average Bonchev–Trinajstić information content (AvgIpc) is 3.27. The van der Waals surface area contributed by atoms with Gasteiger partial charge in [-0.15, -0.1) is 24.0 Å². The van der Waals surface area contributed by atoms with E-state index in [1.807, 2.05) is 17.2 Å². The highest BCUT2D eigenvalue weighted by molar-refractivity contribution is 14.0. The predicted octanol–water partition coefficient (Wildman–Crippen LogP) is 2.32. The summed E-state index contributed by atoms with van der Waals surface area (Å²) in [6, 6.07) is 7.43. The number of pyridine rings is 2. The monoisotopic (exact) mass is 568 g/mol. The Kier molecular flexibility index (Phi) is 9.48. The molecular weight excluding hydrogens is 534 g/mol. The summed E-state index contributed by atoms with van der Waals surface area (Å²) in [6.07, 6.45) is 4.41. The molecule has 2 aromatic heterocycles. The molecule has 10 heteroatoms. The molecule has 33 heavy (non-hydrogen) atoms. The molecule has 0 spiro atoms. The maximum Gasteiger partial charge on any atom is 0.191 e. The van der Waals surface area contributed by atoms with Crippen LogP contribution in [-0.4, -0.2) is 79.7 Å². The first-order valence-corrected chi connectivity index (χ1v) is 11.4. The highest BCUT2D eigenvalue weighted by atomic mass is 127. The SMILES string of the molecule is CCNC(=NCc1ccnc(N2CCN(C)CC2)c1)NC1CCN(c2ncccc2F)C1.I. The third kappa shape index (κ3) is 6.89. The molecule has 0 bridgehead atoms. The summed E-state index contributed by atoms with van der Waals surface area (Å²) < 4.78 is 14.1. The van der Waals surface area contributed by atoms with Crippen molar-refractivity contribution in [2.75, 3.05) is 62.7 Å². The third-order valence-electron chi connectivity index (χ3n) is 5.97. The second-order valence-corrected chi connectivity index (χ2v) is 8.39. The fraction of sp³-hybridized carbons (Fsp3) is 0.522. The number of nitrogens with zero attached hydrogens (tertiary/aromatic N) is 6. The van der Waals surface area contributed by atoms with Crippen LogP contribution < -0.4 is 20.4 Å². The van der Waals surface area contributed by atoms with Crippen LogP contribution in [0.25, 0.3) is 0 Å². The van der Waals surface area contributed by atoms with Crippen molar-refractivity contribution in [3.05, 3.63) is 48.0 Å². The van der Waals surface area contributed by atoms with E-state index in [0.29, 0.717) is 18.9 Å². The Bertz CT molecular complexity index is 919. The molecule has 2 aliphatic rings. The fourth-order valence-corrected chi connectivity index (χ4v) is 4.13. The van der Waals surface area contributed by atoms with Crippen LogP contribution in [0.3, 0.4) is 0 Å². The van der Waals surface area contributed by atoms with Gasteiger partial charge in [-0.2, -0.15) is 0 Å². The van der Waals surface area contributed by atoms with Crippen LogP contribution in [-0.2, 0) is 6.54 Å². The van der Waals surface area contributed by atoms with Crippen LogP contribution in [0.5, 0.6) is 0 Å². The summed E-state index contributed by atoms with van der Waals surface area (Å²) in [5.41, 5.74) is 1.13. The second kappa shape index (κ2) is 12.3. The maximum atomic E-state index is 14.1. The predicted molar refractivity (Wildman–Crippen MR) is 142 cm³/mol. The molecule has 0 radical (unpaired) electrons. The zero-order chi connectivity index (χ0) is 22.3. The van der Waals surface area contributed by atoms with E-state index in [2.05, 4.69) is 50.4 Å². The molecule has 0 aliphatic carbocycles. The molecule has 2 N–H and O–H groups in total. The Labute approximate surface area is 212 Å². The van der Waals surface area contributed by atoms with E-state index in [0.717, 1.165) is 63.0 Å². The molecule has 1 unspecified atom stereocenters. The van der Waals surface area contributed by atoms with Crippen molar-refractivity contribution >= 4 is 41.6 Å². The molecule has 0 amide bonds. The number of guanidine groups is 1. The number of halogens is 2. The van der Waals surface area contributed by atoms with Gasteiger partial charge in [-0.05, 0) is 50.2 Å². The second-order valence-electron chi connectivity index (χ2n) is 8.39. The molecule has 1 atom stereocenters. The molecule has 2 fully saturated rings. The number of hydrogen-bond acceptors (Lipinski definition) is 6. The van der Waals surface area contributed by atoms with Gasteiger partial charge in [0.15, 0.2) is 17.6 Å². The Balaban J connectivity index is 0.00000306. The molecule has 4 heterocycles. The molecule has 180 valence electrons. The van der Waals surface area contributed by atoms with Gasteiger partial charge in [0.05, 0.1) is 6.54 Å². The van der Waals surface area contributed by atoms with Gasteiger partial charge in [-0.25, -0.2) is 19.4 Å². The zero-order valence-electron chi connectivity index (χ0n) is 19.4. The van der Waals surface area contributed by atoms with Gasteiger partial charge in [0, 0.05) is 64.2 Å². The van der Waals surface area contributed by atoms with Crippen molar-refractivity contribution in [3.63, 3.8) is 0 Å². The number of rotatable bonds is 6. The van der Waals surface area contributed by atoms with Crippen molar-refractivity contribution in [1.29, 1.82) is 0 Å². The van der Waals surface area contributed by atoms with E-state index in [-0.39, 0.29) is 35.8 Å². The number of aromatic nitrogens is 2. The summed E-state index contributed by atoms with van der Waals surface area (Å²) >= 11 is 0. The molecule has 8 nitrogen and oxygen atoms in total. The van der Waals surface area contributed by atoms with E-state index in [1.165, 1.54) is 6.07 Å². The highest BCUT2D eigenvalue weighted by Gasteiger charge is 2.26. The van der Waals surface area contributed by atoms with Gasteiger partial charge < -0.3 is 25.3 Å². The van der Waals surface area contributed by atoms with E-state index in [9.17, 15) is 4.39 Å². The van der Waals surface area contributed by atoms with Crippen molar-refractivity contribution in [2.24, 2.45) is 4.99 Å². The summed E-state index contributed by atoms with van der Waals surface area (Å²) in [7, 11) is 2.15. The summed E-state index contributed by atoms with van der Waals surface area (Å²) in [4.78, 5) is 20.2. The minimum absolute atomic E-state index is 0. The lowest BCUT2D eigenvalue weighted by Crippen LogP contribution is -2.45. The van der Waals surface area contributed by atoms with Crippen LogP contribution in [0.4, 0.5) is 16.0 Å². The first-order valence-electron chi connectivity index (χ1n) is 11.4. The minimum Gasteiger partial charge on any atom is -0.357 e. The van der Waals surface area contributed by atoms with Gasteiger partial charge in [-0.3, -0.25) is 0 Å². The van der Waals surface area contributed by atoms with Gasteiger partial charge in [0.2, 0.25) is 0 Å². The lowest BCUT2D eigenvalue weighted by atomic mass is 10.2. The number of likely N-dealkylation sites (N-methyl/N-ethyl adjacent to an activating group) is 1. The summed E-state index contributed by atoms with van der Waals surface area (Å²) in [5.74, 6) is 1.95. The largest absolute Gasteiger partial charge is 0.357 e. The number of hydrogen-bond donors (Lipinski definition) is 2. The van der Waals surface area contributed by atoms with E-state index in [4.69, 9.17) is 4.99 Å². The summed E-state index contributed by atoms with van der Waals surface area (Å²) in [6.45, 7) is 8.97. The van der Waals surface area contributed by atoms with Crippen molar-refractivity contribution in [3.8, 4) is 0 Å². The van der Waals surface area contributed by atoms with Crippen LogP contribution in [0.1, 0.15) is 18.9 Å². The number of nitrogens with one attached hydrogen (secondary N) is 2. The van der Waals surface area contributed by atoms with Gasteiger partial charge in [-0.1, -0.05) is 0 Å². The standard InChI is InChI=1S/C23H33FN8.HI/c1-3-25-23(29-19-7-10-32(17-19)22-20(24)5-4-8-27-22)28-16-18-6-9-26-21(15-18)31-13-11-30(2)12-14-31;/h4-6,8-9,15,19H,3,7,10-14,16-17H2,1-2H3,(H2,25,28,29);1H. The van der Waals surface area contributed by atoms with Gasteiger partial charge in [0.1, 0.15) is 5.82 Å². The Hall–Kier alpha value is -2.21. The maximum absolute atomic E-state index is 14.1. The minimum atomic E-state index is -0.275. The first-order chi connectivity index (χ1) is 15.6. The van der Waals surface area contributed by atoms with Crippen LogP contribution in [0, 0.1) is 5.82 Å². The average molecular weight is 568 g/mol. The van der Waals surface area contributed by atoms with E-state index < -0.39 is 0 Å². The number of anilines is 2. The van der Waals surface area contributed by atoms with Crippen molar-refractivity contribution in [1.82, 2.24) is 25.5 Å². The molecule has 0 saturated carbocycles. The molecule has 2 saturated heterocycles. The lowest BCUT2D eigenvalue weighted by molar-refractivity contribution is 0.312. The van der Waals surface area contributed by atoms with Crippen molar-refractivity contribution < 1.29 is 4.39 Å². The quantitative estimate of drug-likeness (QED) is 0.315.